The van der Waals surface area contributed by atoms with Gasteiger partial charge in [0.25, 0.3) is 0 Å². The van der Waals surface area contributed by atoms with E-state index in [2.05, 4.69) is 18.2 Å². The molecule has 1 heterocycles. The van der Waals surface area contributed by atoms with Crippen LogP contribution in [-0.2, 0) is 10.2 Å². The Kier molecular flexibility index (Phi) is 4.58. The van der Waals surface area contributed by atoms with Crippen LogP contribution < -0.4 is 0 Å². The predicted molar refractivity (Wildman–Crippen MR) is 88.1 cm³/mol. The van der Waals surface area contributed by atoms with Crippen molar-refractivity contribution in [3.63, 3.8) is 0 Å². The van der Waals surface area contributed by atoms with Gasteiger partial charge in [0, 0.05) is 0 Å². The largest absolute Gasteiger partial charge is 0.481 e. The molecule has 21 heavy (non-hydrogen) atoms. The Labute approximate surface area is 131 Å². The lowest BCUT2D eigenvalue weighted by Crippen LogP contribution is -2.39. The van der Waals surface area contributed by atoms with Crippen molar-refractivity contribution in [2.45, 2.75) is 56.3 Å². The van der Waals surface area contributed by atoms with Gasteiger partial charge >= 0.3 is 5.97 Å². The average Bonchev–Trinajstić information content (AvgIpc) is 2.56. The maximum Gasteiger partial charge on any atom is 0.314 e. The molecule has 1 N–H and O–H groups in total. The number of benzene rings is 1. The monoisotopic (exact) mass is 304 g/mol. The Balaban J connectivity index is 2.01. The quantitative estimate of drug-likeness (QED) is 0.888. The van der Waals surface area contributed by atoms with Crippen molar-refractivity contribution in [3.8, 4) is 0 Å². The Morgan fingerprint density at radius 3 is 2.43 bits per heavy atom. The van der Waals surface area contributed by atoms with Crippen molar-refractivity contribution >= 4 is 17.7 Å². The standard InChI is InChI=1S/C18H24O2S/c19-17(20)18(10-4-1-5-11-18)16-7-3-2-6-15(16)14-8-12-21-13-9-14/h2-3,6-7,14H,1,4-5,8-13H2,(H,19,20). The van der Waals surface area contributed by atoms with Gasteiger partial charge in [-0.15, -0.1) is 0 Å². The minimum absolute atomic E-state index is 0.556. The Hall–Kier alpha value is -0.960. The highest BCUT2D eigenvalue weighted by atomic mass is 32.2. The van der Waals surface area contributed by atoms with Crippen LogP contribution in [-0.4, -0.2) is 22.6 Å². The van der Waals surface area contributed by atoms with Gasteiger partial charge in [-0.3, -0.25) is 4.79 Å². The summed E-state index contributed by atoms with van der Waals surface area (Å²) in [4.78, 5) is 12.1. The van der Waals surface area contributed by atoms with Crippen LogP contribution in [0.1, 0.15) is 62.0 Å². The third-order valence-corrected chi connectivity index (χ3v) is 6.30. The number of hydrogen-bond donors (Lipinski definition) is 1. The van der Waals surface area contributed by atoms with E-state index in [9.17, 15) is 9.90 Å². The van der Waals surface area contributed by atoms with Gasteiger partial charge in [0.15, 0.2) is 0 Å². The number of carboxylic acids is 1. The van der Waals surface area contributed by atoms with E-state index in [-0.39, 0.29) is 0 Å². The van der Waals surface area contributed by atoms with Crippen molar-refractivity contribution in [2.24, 2.45) is 0 Å². The highest BCUT2D eigenvalue weighted by Crippen LogP contribution is 2.44. The summed E-state index contributed by atoms with van der Waals surface area (Å²) in [6.07, 6.45) is 7.26. The van der Waals surface area contributed by atoms with Gasteiger partial charge in [0.1, 0.15) is 0 Å². The molecule has 0 bridgehead atoms. The van der Waals surface area contributed by atoms with Crippen LogP contribution in [0.4, 0.5) is 0 Å². The lowest BCUT2D eigenvalue weighted by Gasteiger charge is -2.37. The van der Waals surface area contributed by atoms with Crippen molar-refractivity contribution < 1.29 is 9.90 Å². The average molecular weight is 304 g/mol. The van der Waals surface area contributed by atoms with E-state index in [0.29, 0.717) is 5.92 Å². The molecular formula is C18H24O2S. The number of aliphatic carboxylic acids is 1. The molecule has 3 heteroatoms. The maximum atomic E-state index is 12.1. The second-order valence-electron chi connectivity index (χ2n) is 6.42. The summed E-state index contributed by atoms with van der Waals surface area (Å²) < 4.78 is 0. The Morgan fingerprint density at radius 1 is 1.10 bits per heavy atom. The smallest absolute Gasteiger partial charge is 0.314 e. The first-order chi connectivity index (χ1) is 10.2. The summed E-state index contributed by atoms with van der Waals surface area (Å²) in [5.41, 5.74) is 1.82. The zero-order chi connectivity index (χ0) is 14.7. The van der Waals surface area contributed by atoms with Crippen LogP contribution in [0, 0.1) is 0 Å². The molecule has 0 spiro atoms. The van der Waals surface area contributed by atoms with E-state index in [1.165, 1.54) is 36.3 Å². The van der Waals surface area contributed by atoms with E-state index < -0.39 is 11.4 Å². The molecule has 2 aliphatic rings. The van der Waals surface area contributed by atoms with Crippen LogP contribution in [0.15, 0.2) is 24.3 Å². The van der Waals surface area contributed by atoms with E-state index in [1.54, 1.807) is 0 Å². The van der Waals surface area contributed by atoms with E-state index in [0.717, 1.165) is 31.2 Å². The fraction of sp³-hybridized carbons (Fsp3) is 0.611. The SMILES string of the molecule is O=C(O)C1(c2ccccc2C2CCSCC2)CCCCC1. The summed E-state index contributed by atoms with van der Waals surface area (Å²) in [6, 6.07) is 8.39. The Morgan fingerprint density at radius 2 is 1.76 bits per heavy atom. The van der Waals surface area contributed by atoms with Crippen LogP contribution in [0.2, 0.25) is 0 Å². The molecule has 2 nitrogen and oxygen atoms in total. The van der Waals surface area contributed by atoms with Gasteiger partial charge in [-0.05, 0) is 54.2 Å². The lowest BCUT2D eigenvalue weighted by atomic mass is 9.66. The molecule has 0 radical (unpaired) electrons. The molecule has 1 aromatic rings. The van der Waals surface area contributed by atoms with E-state index in [4.69, 9.17) is 0 Å². The summed E-state index contributed by atoms with van der Waals surface area (Å²) in [5.74, 6) is 2.36. The zero-order valence-electron chi connectivity index (χ0n) is 12.5. The van der Waals surface area contributed by atoms with Gasteiger partial charge in [0.05, 0.1) is 5.41 Å². The van der Waals surface area contributed by atoms with Crippen LogP contribution in [0.25, 0.3) is 0 Å². The maximum absolute atomic E-state index is 12.1. The first-order valence-electron chi connectivity index (χ1n) is 8.14. The molecule has 2 fully saturated rings. The fourth-order valence-electron chi connectivity index (χ4n) is 4.05. The molecule has 1 aromatic carbocycles. The lowest BCUT2D eigenvalue weighted by molar-refractivity contribution is -0.145. The summed E-state index contributed by atoms with van der Waals surface area (Å²) in [5, 5.41) is 9.96. The van der Waals surface area contributed by atoms with E-state index >= 15 is 0 Å². The van der Waals surface area contributed by atoms with Crippen LogP contribution >= 0.6 is 11.8 Å². The summed E-state index contributed by atoms with van der Waals surface area (Å²) in [6.45, 7) is 0. The van der Waals surface area contributed by atoms with Gasteiger partial charge in [0.2, 0.25) is 0 Å². The number of carboxylic acid groups (broad SMARTS) is 1. The molecule has 0 atom stereocenters. The molecule has 0 amide bonds. The number of rotatable bonds is 3. The molecule has 0 unspecified atom stereocenters. The minimum Gasteiger partial charge on any atom is -0.481 e. The van der Waals surface area contributed by atoms with Crippen LogP contribution in [0.3, 0.4) is 0 Å². The number of thioether (sulfide) groups is 1. The summed E-state index contributed by atoms with van der Waals surface area (Å²) in [7, 11) is 0. The third kappa shape index (κ3) is 2.85. The Bertz CT molecular complexity index is 500. The minimum atomic E-state index is -0.626. The summed E-state index contributed by atoms with van der Waals surface area (Å²) >= 11 is 2.02. The normalized spacial score (nSPS) is 22.9. The predicted octanol–water partition coefficient (Wildman–Crippen LogP) is 4.58. The second-order valence-corrected chi connectivity index (χ2v) is 7.65. The molecule has 3 rings (SSSR count). The molecule has 0 aromatic heterocycles. The first-order valence-corrected chi connectivity index (χ1v) is 9.30. The van der Waals surface area contributed by atoms with Gasteiger partial charge < -0.3 is 5.11 Å². The molecule has 1 saturated carbocycles. The van der Waals surface area contributed by atoms with Crippen molar-refractivity contribution in [2.75, 3.05) is 11.5 Å². The third-order valence-electron chi connectivity index (χ3n) is 5.25. The van der Waals surface area contributed by atoms with Gasteiger partial charge in [-0.25, -0.2) is 0 Å². The van der Waals surface area contributed by atoms with Crippen LogP contribution in [0.5, 0.6) is 0 Å². The molecular weight excluding hydrogens is 280 g/mol. The fourth-order valence-corrected chi connectivity index (χ4v) is 5.16. The topological polar surface area (TPSA) is 37.3 Å². The number of carbonyl (C=O) groups is 1. The molecule has 114 valence electrons. The first kappa shape index (κ1) is 15.0. The second kappa shape index (κ2) is 6.43. The van der Waals surface area contributed by atoms with E-state index in [1.807, 2.05) is 17.8 Å². The highest BCUT2D eigenvalue weighted by Gasteiger charge is 2.43. The number of hydrogen-bond acceptors (Lipinski definition) is 2. The molecule has 1 aliphatic carbocycles. The van der Waals surface area contributed by atoms with Crippen molar-refractivity contribution in [3.05, 3.63) is 35.4 Å². The molecule has 1 aliphatic heterocycles. The van der Waals surface area contributed by atoms with Gasteiger partial charge in [-0.1, -0.05) is 43.5 Å². The molecule has 1 saturated heterocycles. The van der Waals surface area contributed by atoms with Crippen molar-refractivity contribution in [1.82, 2.24) is 0 Å². The van der Waals surface area contributed by atoms with Crippen molar-refractivity contribution in [1.29, 1.82) is 0 Å². The highest BCUT2D eigenvalue weighted by molar-refractivity contribution is 7.99. The van der Waals surface area contributed by atoms with Gasteiger partial charge in [-0.2, -0.15) is 11.8 Å². The zero-order valence-corrected chi connectivity index (χ0v) is 13.3.